The number of nitrogens with one attached hydrogen (secondary N) is 2. The number of thiophene rings is 1. The average Bonchev–Trinajstić information content (AvgIpc) is 3.01. The van der Waals surface area contributed by atoms with Gasteiger partial charge in [-0.15, -0.1) is 11.3 Å². The first-order valence-electron chi connectivity index (χ1n) is 6.47. The number of urea groups is 1. The summed E-state index contributed by atoms with van der Waals surface area (Å²) in [7, 11) is 3.13. The van der Waals surface area contributed by atoms with E-state index < -0.39 is 0 Å². The van der Waals surface area contributed by atoms with Crippen molar-refractivity contribution < 1.29 is 14.3 Å². The molecule has 1 unspecified atom stereocenters. The summed E-state index contributed by atoms with van der Waals surface area (Å²) >= 11 is 1.61. The predicted octanol–water partition coefficient (Wildman–Crippen LogP) is 3.65. The van der Waals surface area contributed by atoms with E-state index in [0.717, 1.165) is 4.88 Å². The maximum absolute atomic E-state index is 12.1. The van der Waals surface area contributed by atoms with Crippen molar-refractivity contribution in [3.63, 3.8) is 0 Å². The third kappa shape index (κ3) is 3.88. The number of hydrogen-bond donors (Lipinski definition) is 2. The van der Waals surface area contributed by atoms with Gasteiger partial charge in [-0.2, -0.15) is 0 Å². The molecule has 0 fully saturated rings. The summed E-state index contributed by atoms with van der Waals surface area (Å²) in [6.07, 6.45) is 0. The maximum Gasteiger partial charge on any atom is 0.319 e. The minimum atomic E-state index is -0.289. The molecule has 6 heteroatoms. The molecule has 0 saturated heterocycles. The molecular formula is C15H18N2O3S. The number of rotatable bonds is 5. The number of anilines is 1. The van der Waals surface area contributed by atoms with Gasteiger partial charge in [-0.1, -0.05) is 6.07 Å². The molecule has 1 aromatic heterocycles. The number of amides is 2. The first kappa shape index (κ1) is 15.2. The fraction of sp³-hybridized carbons (Fsp3) is 0.267. The topological polar surface area (TPSA) is 59.6 Å². The molecule has 0 saturated carbocycles. The van der Waals surface area contributed by atoms with Crippen molar-refractivity contribution >= 4 is 23.1 Å². The minimum Gasteiger partial charge on any atom is -0.497 e. The zero-order valence-corrected chi connectivity index (χ0v) is 13.0. The molecule has 5 nitrogen and oxygen atoms in total. The van der Waals surface area contributed by atoms with E-state index in [4.69, 9.17) is 9.47 Å². The summed E-state index contributed by atoms with van der Waals surface area (Å²) in [6, 6.07) is 8.84. The summed E-state index contributed by atoms with van der Waals surface area (Å²) in [6.45, 7) is 1.94. The van der Waals surface area contributed by atoms with Gasteiger partial charge in [-0.05, 0) is 30.5 Å². The molecule has 1 heterocycles. The second-order valence-corrected chi connectivity index (χ2v) is 5.38. The van der Waals surface area contributed by atoms with Crippen molar-refractivity contribution in [2.24, 2.45) is 0 Å². The van der Waals surface area contributed by atoms with Crippen molar-refractivity contribution in [3.05, 3.63) is 40.6 Å². The van der Waals surface area contributed by atoms with Crippen molar-refractivity contribution in [2.45, 2.75) is 13.0 Å². The van der Waals surface area contributed by atoms with Gasteiger partial charge in [-0.25, -0.2) is 4.79 Å². The molecule has 21 heavy (non-hydrogen) atoms. The van der Waals surface area contributed by atoms with Gasteiger partial charge in [0.1, 0.15) is 11.5 Å². The van der Waals surface area contributed by atoms with Gasteiger partial charge >= 0.3 is 6.03 Å². The monoisotopic (exact) mass is 306 g/mol. The summed E-state index contributed by atoms with van der Waals surface area (Å²) in [5, 5.41) is 7.64. The maximum atomic E-state index is 12.1. The highest BCUT2D eigenvalue weighted by atomic mass is 32.1. The molecule has 0 aliphatic rings. The van der Waals surface area contributed by atoms with E-state index >= 15 is 0 Å². The molecule has 2 aromatic rings. The normalized spacial score (nSPS) is 11.6. The van der Waals surface area contributed by atoms with E-state index in [0.29, 0.717) is 17.2 Å². The first-order chi connectivity index (χ1) is 10.1. The molecule has 0 spiro atoms. The number of methoxy groups -OCH3 is 2. The molecule has 0 aliphatic carbocycles. The summed E-state index contributed by atoms with van der Waals surface area (Å²) in [4.78, 5) is 13.2. The smallest absolute Gasteiger partial charge is 0.319 e. The molecule has 0 radical (unpaired) electrons. The standard InChI is InChI=1S/C15H18N2O3S/c1-10(14-5-4-8-21-14)16-15(18)17-12-9-11(19-2)6-7-13(12)20-3/h4-10H,1-3H3,(H2,16,17,18). The van der Waals surface area contributed by atoms with Crippen molar-refractivity contribution in [1.29, 1.82) is 0 Å². The van der Waals surface area contributed by atoms with Crippen LogP contribution in [-0.4, -0.2) is 20.3 Å². The minimum absolute atomic E-state index is 0.0541. The van der Waals surface area contributed by atoms with Gasteiger partial charge in [0.15, 0.2) is 0 Å². The van der Waals surface area contributed by atoms with Crippen LogP contribution in [0, 0.1) is 0 Å². The Morgan fingerprint density at radius 1 is 1.24 bits per heavy atom. The Morgan fingerprint density at radius 3 is 2.67 bits per heavy atom. The van der Waals surface area contributed by atoms with Gasteiger partial charge < -0.3 is 20.1 Å². The van der Waals surface area contributed by atoms with Crippen LogP contribution >= 0.6 is 11.3 Å². The summed E-state index contributed by atoms with van der Waals surface area (Å²) in [5.74, 6) is 1.23. The van der Waals surface area contributed by atoms with Crippen molar-refractivity contribution in [2.75, 3.05) is 19.5 Å². The largest absolute Gasteiger partial charge is 0.497 e. The lowest BCUT2D eigenvalue weighted by atomic mass is 10.2. The van der Waals surface area contributed by atoms with E-state index in [1.807, 2.05) is 24.4 Å². The van der Waals surface area contributed by atoms with E-state index in [9.17, 15) is 4.79 Å². The third-order valence-electron chi connectivity index (χ3n) is 2.97. The Hall–Kier alpha value is -2.21. The fourth-order valence-corrected chi connectivity index (χ4v) is 2.61. The Balaban J connectivity index is 2.05. The van der Waals surface area contributed by atoms with Crippen LogP contribution in [0.4, 0.5) is 10.5 Å². The van der Waals surface area contributed by atoms with Gasteiger partial charge in [-0.3, -0.25) is 0 Å². The second-order valence-electron chi connectivity index (χ2n) is 4.40. The zero-order chi connectivity index (χ0) is 15.2. The van der Waals surface area contributed by atoms with E-state index in [-0.39, 0.29) is 12.1 Å². The first-order valence-corrected chi connectivity index (χ1v) is 7.35. The Kier molecular flexibility index (Phi) is 5.05. The van der Waals surface area contributed by atoms with E-state index in [2.05, 4.69) is 10.6 Å². The quantitative estimate of drug-likeness (QED) is 0.886. The van der Waals surface area contributed by atoms with Crippen LogP contribution in [0.3, 0.4) is 0 Å². The predicted molar refractivity (Wildman–Crippen MR) is 84.4 cm³/mol. The molecule has 2 rings (SSSR count). The summed E-state index contributed by atoms with van der Waals surface area (Å²) < 4.78 is 10.4. The number of ether oxygens (including phenoxy) is 2. The number of carbonyl (C=O) groups is 1. The lowest BCUT2D eigenvalue weighted by molar-refractivity contribution is 0.249. The molecule has 0 aliphatic heterocycles. The van der Waals surface area contributed by atoms with Crippen LogP contribution < -0.4 is 20.1 Å². The van der Waals surface area contributed by atoms with Crippen molar-refractivity contribution in [3.8, 4) is 11.5 Å². The molecule has 2 N–H and O–H groups in total. The second kappa shape index (κ2) is 6.99. The Bertz CT molecular complexity index is 599. The van der Waals surface area contributed by atoms with Gasteiger partial charge in [0.25, 0.3) is 0 Å². The number of hydrogen-bond acceptors (Lipinski definition) is 4. The molecule has 1 aromatic carbocycles. The Labute approximate surface area is 127 Å². The zero-order valence-electron chi connectivity index (χ0n) is 12.2. The highest BCUT2D eigenvalue weighted by Gasteiger charge is 2.13. The van der Waals surface area contributed by atoms with Crippen LogP contribution in [0.5, 0.6) is 11.5 Å². The van der Waals surface area contributed by atoms with Crippen LogP contribution in [0.15, 0.2) is 35.7 Å². The SMILES string of the molecule is COc1ccc(OC)c(NC(=O)NC(C)c2cccs2)c1. The number of carbonyl (C=O) groups excluding carboxylic acids is 1. The van der Waals surface area contributed by atoms with E-state index in [1.165, 1.54) is 0 Å². The van der Waals surface area contributed by atoms with Crippen LogP contribution in [-0.2, 0) is 0 Å². The molecular weight excluding hydrogens is 288 g/mol. The van der Waals surface area contributed by atoms with Crippen molar-refractivity contribution in [1.82, 2.24) is 5.32 Å². The third-order valence-corrected chi connectivity index (χ3v) is 4.03. The average molecular weight is 306 g/mol. The van der Waals surface area contributed by atoms with E-state index in [1.54, 1.807) is 43.8 Å². The Morgan fingerprint density at radius 2 is 2.05 bits per heavy atom. The fourth-order valence-electron chi connectivity index (χ4n) is 1.88. The molecule has 1 atom stereocenters. The molecule has 0 bridgehead atoms. The lowest BCUT2D eigenvalue weighted by Gasteiger charge is -2.15. The van der Waals surface area contributed by atoms with Gasteiger partial charge in [0, 0.05) is 10.9 Å². The van der Waals surface area contributed by atoms with Crippen LogP contribution in [0.2, 0.25) is 0 Å². The lowest BCUT2D eigenvalue weighted by Crippen LogP contribution is -2.30. The van der Waals surface area contributed by atoms with Crippen LogP contribution in [0.25, 0.3) is 0 Å². The number of benzene rings is 1. The molecule has 112 valence electrons. The highest BCUT2D eigenvalue weighted by molar-refractivity contribution is 7.10. The van der Waals surface area contributed by atoms with Gasteiger partial charge in [0.2, 0.25) is 0 Å². The highest BCUT2D eigenvalue weighted by Crippen LogP contribution is 2.29. The molecule has 2 amide bonds. The van der Waals surface area contributed by atoms with Gasteiger partial charge in [0.05, 0.1) is 25.9 Å². The van der Waals surface area contributed by atoms with Crippen LogP contribution in [0.1, 0.15) is 17.8 Å². The summed E-state index contributed by atoms with van der Waals surface area (Å²) in [5.41, 5.74) is 0.563.